The minimum Gasteiger partial charge on any atom is -0.311 e. The van der Waals surface area contributed by atoms with Gasteiger partial charge in [0.2, 0.25) is 5.91 Å². The number of para-hydroxylation sites is 1. The minimum atomic E-state index is 0.236. The number of thioether (sulfide) groups is 1. The van der Waals surface area contributed by atoms with Crippen molar-refractivity contribution in [2.75, 3.05) is 17.2 Å². The first-order valence-corrected chi connectivity index (χ1v) is 9.36. The van der Waals surface area contributed by atoms with E-state index in [1.807, 2.05) is 22.7 Å². The molecule has 0 radical (unpaired) electrons. The van der Waals surface area contributed by atoms with Crippen molar-refractivity contribution in [3.8, 4) is 0 Å². The molecule has 120 valence electrons. The Morgan fingerprint density at radius 3 is 2.61 bits per heavy atom. The van der Waals surface area contributed by atoms with Gasteiger partial charge in [0.15, 0.2) is 0 Å². The van der Waals surface area contributed by atoms with E-state index in [2.05, 4.69) is 49.4 Å². The zero-order valence-electron chi connectivity index (χ0n) is 13.6. The fourth-order valence-electron chi connectivity index (χ4n) is 2.91. The fraction of sp³-hybridized carbons (Fsp3) is 0.350. The number of fused-ring (bicyclic) bond motifs is 1. The maximum atomic E-state index is 12.7. The molecule has 23 heavy (non-hydrogen) atoms. The molecule has 2 aromatic rings. The molecule has 0 saturated heterocycles. The van der Waals surface area contributed by atoms with Crippen molar-refractivity contribution in [3.63, 3.8) is 0 Å². The van der Waals surface area contributed by atoms with Crippen LogP contribution in [0.3, 0.4) is 0 Å². The highest BCUT2D eigenvalue weighted by atomic mass is 32.2. The van der Waals surface area contributed by atoms with Gasteiger partial charge in [-0.25, -0.2) is 0 Å². The third-order valence-corrected chi connectivity index (χ3v) is 5.45. The molecule has 0 aliphatic carbocycles. The van der Waals surface area contributed by atoms with Crippen LogP contribution in [-0.2, 0) is 17.6 Å². The van der Waals surface area contributed by atoms with Crippen LogP contribution < -0.4 is 4.90 Å². The number of anilines is 1. The first-order valence-electron chi connectivity index (χ1n) is 8.38. The molecule has 0 spiro atoms. The summed E-state index contributed by atoms with van der Waals surface area (Å²) in [5.74, 6) is 1.32. The summed E-state index contributed by atoms with van der Waals surface area (Å²) >= 11 is 1.86. The van der Waals surface area contributed by atoms with Gasteiger partial charge < -0.3 is 4.90 Å². The van der Waals surface area contributed by atoms with Crippen LogP contribution in [0, 0.1) is 0 Å². The van der Waals surface area contributed by atoms with E-state index in [0.29, 0.717) is 6.42 Å². The summed E-state index contributed by atoms with van der Waals surface area (Å²) in [4.78, 5) is 15.9. The minimum absolute atomic E-state index is 0.236. The number of carbonyl (C=O) groups excluding carboxylic acids is 1. The lowest BCUT2D eigenvalue weighted by Gasteiger charge is -2.22. The Morgan fingerprint density at radius 2 is 1.83 bits per heavy atom. The molecule has 0 atom stereocenters. The number of carbonyl (C=O) groups is 1. The quantitative estimate of drug-likeness (QED) is 0.811. The third-order valence-electron chi connectivity index (χ3n) is 4.30. The number of benzene rings is 2. The molecule has 0 fully saturated rings. The zero-order valence-corrected chi connectivity index (χ0v) is 14.4. The van der Waals surface area contributed by atoms with Gasteiger partial charge >= 0.3 is 0 Å². The van der Waals surface area contributed by atoms with Crippen LogP contribution in [-0.4, -0.2) is 18.2 Å². The fourth-order valence-corrected chi connectivity index (χ4v) is 3.91. The first kappa shape index (κ1) is 16.1. The van der Waals surface area contributed by atoms with Crippen molar-refractivity contribution in [1.29, 1.82) is 0 Å². The lowest BCUT2D eigenvalue weighted by molar-refractivity contribution is -0.118. The van der Waals surface area contributed by atoms with Gasteiger partial charge in [-0.1, -0.05) is 43.3 Å². The van der Waals surface area contributed by atoms with E-state index in [9.17, 15) is 4.79 Å². The standard InChI is InChI=1S/C20H23NOS/c1-2-16-8-10-17(11-9-16)12-13-20(22)21-14-5-15-23-19-7-4-3-6-18(19)21/h3-4,6-11H,2,5,12-15H2,1H3. The first-order chi connectivity index (χ1) is 11.3. The van der Waals surface area contributed by atoms with Crippen molar-refractivity contribution in [1.82, 2.24) is 0 Å². The maximum Gasteiger partial charge on any atom is 0.227 e. The lowest BCUT2D eigenvalue weighted by Crippen LogP contribution is -2.31. The van der Waals surface area contributed by atoms with Crippen LogP contribution in [0.2, 0.25) is 0 Å². The molecule has 0 N–H and O–H groups in total. The Kier molecular flexibility index (Phi) is 5.39. The summed E-state index contributed by atoms with van der Waals surface area (Å²) in [6.07, 6.45) is 3.50. The molecule has 3 rings (SSSR count). The molecule has 0 bridgehead atoms. The van der Waals surface area contributed by atoms with Crippen LogP contribution in [0.1, 0.15) is 30.9 Å². The summed E-state index contributed by atoms with van der Waals surface area (Å²) in [6.45, 7) is 2.99. The van der Waals surface area contributed by atoms with Crippen molar-refractivity contribution in [2.24, 2.45) is 0 Å². The SMILES string of the molecule is CCc1ccc(CCC(=O)N2CCCSc3ccccc32)cc1. The molecular formula is C20H23NOS. The Morgan fingerprint density at radius 1 is 1.09 bits per heavy atom. The molecular weight excluding hydrogens is 302 g/mol. The molecule has 0 saturated carbocycles. The van der Waals surface area contributed by atoms with Crippen LogP contribution in [0.15, 0.2) is 53.4 Å². The van der Waals surface area contributed by atoms with E-state index in [-0.39, 0.29) is 5.91 Å². The van der Waals surface area contributed by atoms with Crippen LogP contribution >= 0.6 is 11.8 Å². The van der Waals surface area contributed by atoms with Gasteiger partial charge in [-0.2, -0.15) is 0 Å². The van der Waals surface area contributed by atoms with E-state index < -0.39 is 0 Å². The number of hydrogen-bond donors (Lipinski definition) is 0. The normalized spacial score (nSPS) is 14.2. The van der Waals surface area contributed by atoms with Crippen LogP contribution in [0.4, 0.5) is 5.69 Å². The van der Waals surface area contributed by atoms with Gasteiger partial charge in [-0.05, 0) is 48.3 Å². The molecule has 1 aliphatic heterocycles. The van der Waals surface area contributed by atoms with Crippen molar-refractivity contribution in [3.05, 3.63) is 59.7 Å². The van der Waals surface area contributed by atoms with Crippen molar-refractivity contribution < 1.29 is 4.79 Å². The van der Waals surface area contributed by atoms with E-state index in [0.717, 1.165) is 37.2 Å². The van der Waals surface area contributed by atoms with E-state index in [1.54, 1.807) is 0 Å². The van der Waals surface area contributed by atoms with E-state index in [4.69, 9.17) is 0 Å². The molecule has 0 unspecified atom stereocenters. The topological polar surface area (TPSA) is 20.3 Å². The van der Waals surface area contributed by atoms with Crippen LogP contribution in [0.25, 0.3) is 0 Å². The summed E-state index contributed by atoms with van der Waals surface area (Å²) < 4.78 is 0. The highest BCUT2D eigenvalue weighted by Gasteiger charge is 2.20. The van der Waals surface area contributed by atoms with Crippen molar-refractivity contribution in [2.45, 2.75) is 37.5 Å². The Hall–Kier alpha value is -1.74. The number of amides is 1. The third kappa shape index (κ3) is 3.97. The summed E-state index contributed by atoms with van der Waals surface area (Å²) in [5.41, 5.74) is 3.67. The second kappa shape index (κ2) is 7.69. The predicted octanol–water partition coefficient (Wildman–Crippen LogP) is 4.71. The predicted molar refractivity (Wildman–Crippen MR) is 98.3 cm³/mol. The Balaban J connectivity index is 1.67. The van der Waals surface area contributed by atoms with Crippen molar-refractivity contribution >= 4 is 23.4 Å². The maximum absolute atomic E-state index is 12.7. The molecule has 0 aromatic heterocycles. The van der Waals surface area contributed by atoms with Gasteiger partial charge in [0.25, 0.3) is 0 Å². The highest BCUT2D eigenvalue weighted by Crippen LogP contribution is 2.33. The Bertz CT molecular complexity index is 666. The summed E-state index contributed by atoms with van der Waals surface area (Å²) in [5, 5.41) is 0. The average Bonchev–Trinajstić information content (AvgIpc) is 2.82. The number of rotatable bonds is 4. The van der Waals surface area contributed by atoms with Crippen LogP contribution in [0.5, 0.6) is 0 Å². The highest BCUT2D eigenvalue weighted by molar-refractivity contribution is 7.99. The Labute approximate surface area is 142 Å². The smallest absolute Gasteiger partial charge is 0.227 e. The number of nitrogens with zero attached hydrogens (tertiary/aromatic N) is 1. The van der Waals surface area contributed by atoms with Gasteiger partial charge in [0.1, 0.15) is 0 Å². The summed E-state index contributed by atoms with van der Waals surface area (Å²) in [7, 11) is 0. The second-order valence-corrected chi connectivity index (χ2v) is 7.02. The second-order valence-electron chi connectivity index (χ2n) is 5.89. The van der Waals surface area contributed by atoms with Gasteiger partial charge in [0, 0.05) is 17.9 Å². The largest absolute Gasteiger partial charge is 0.311 e. The number of hydrogen-bond acceptors (Lipinski definition) is 2. The number of aryl methyl sites for hydroxylation is 2. The zero-order chi connectivity index (χ0) is 16.1. The van der Waals surface area contributed by atoms with Gasteiger partial charge in [0.05, 0.1) is 5.69 Å². The molecule has 1 aliphatic rings. The molecule has 3 heteroatoms. The molecule has 1 heterocycles. The average molecular weight is 325 g/mol. The van der Waals surface area contributed by atoms with E-state index >= 15 is 0 Å². The molecule has 1 amide bonds. The van der Waals surface area contributed by atoms with Gasteiger partial charge in [-0.15, -0.1) is 11.8 Å². The monoisotopic (exact) mass is 325 g/mol. The lowest BCUT2D eigenvalue weighted by atomic mass is 10.1. The summed E-state index contributed by atoms with van der Waals surface area (Å²) in [6, 6.07) is 16.9. The van der Waals surface area contributed by atoms with Gasteiger partial charge in [-0.3, -0.25) is 4.79 Å². The molecule has 2 aromatic carbocycles. The molecule has 2 nitrogen and oxygen atoms in total. The van der Waals surface area contributed by atoms with E-state index in [1.165, 1.54) is 16.0 Å².